The van der Waals surface area contributed by atoms with Crippen molar-refractivity contribution in [3.8, 4) is 6.07 Å². The minimum Gasteiger partial charge on any atom is -0.453 e. The van der Waals surface area contributed by atoms with Crippen LogP contribution in [-0.4, -0.2) is 30.6 Å². The molecule has 1 N–H and O–H groups in total. The number of thiophene rings is 1. The molecule has 7 heteroatoms. The Hall–Kier alpha value is -3.63. The molecule has 6 nitrogen and oxygen atoms in total. The molecule has 2 heterocycles. The summed E-state index contributed by atoms with van der Waals surface area (Å²) in [4.78, 5) is 27.1. The number of benzene rings is 2. The molecule has 0 spiro atoms. The van der Waals surface area contributed by atoms with Gasteiger partial charge in [0.25, 0.3) is 5.91 Å². The van der Waals surface area contributed by atoms with Gasteiger partial charge in [-0.2, -0.15) is 5.26 Å². The van der Waals surface area contributed by atoms with Crippen molar-refractivity contribution in [1.29, 1.82) is 5.26 Å². The second kappa shape index (κ2) is 9.02. The summed E-state index contributed by atoms with van der Waals surface area (Å²) >= 11 is 1.34. The first kappa shape index (κ1) is 20.6. The maximum Gasteiger partial charge on any atom is 0.409 e. The number of carbonyl (C=O) groups excluding carboxylic acids is 2. The summed E-state index contributed by atoms with van der Waals surface area (Å²) in [5.74, 6) is -0.258. The van der Waals surface area contributed by atoms with Gasteiger partial charge in [-0.1, -0.05) is 42.5 Å². The molecule has 0 saturated carbocycles. The predicted octanol–water partition coefficient (Wildman–Crippen LogP) is 4.59. The van der Waals surface area contributed by atoms with Gasteiger partial charge in [0.15, 0.2) is 0 Å². The van der Waals surface area contributed by atoms with E-state index in [2.05, 4.69) is 23.5 Å². The first-order chi connectivity index (χ1) is 15.1. The van der Waals surface area contributed by atoms with Crippen LogP contribution in [0.1, 0.15) is 37.5 Å². The Morgan fingerprint density at radius 1 is 1.13 bits per heavy atom. The third-order valence-corrected chi connectivity index (χ3v) is 6.43. The molecule has 1 aliphatic rings. The third-order valence-electron chi connectivity index (χ3n) is 5.30. The number of nitrogens with one attached hydrogen (secondary N) is 1. The fourth-order valence-corrected chi connectivity index (χ4v) is 4.88. The molecule has 156 valence electrons. The van der Waals surface area contributed by atoms with E-state index in [1.807, 2.05) is 30.3 Å². The maximum atomic E-state index is 12.8. The highest BCUT2D eigenvalue weighted by atomic mass is 32.1. The monoisotopic (exact) mass is 431 g/mol. The van der Waals surface area contributed by atoms with Crippen molar-refractivity contribution in [3.63, 3.8) is 0 Å². The first-order valence-electron chi connectivity index (χ1n) is 9.90. The van der Waals surface area contributed by atoms with Gasteiger partial charge in [-0.3, -0.25) is 4.79 Å². The van der Waals surface area contributed by atoms with Crippen molar-refractivity contribution < 1.29 is 14.3 Å². The molecule has 4 rings (SSSR count). The molecule has 0 atom stereocenters. The quantitative estimate of drug-likeness (QED) is 0.655. The lowest BCUT2D eigenvalue weighted by atomic mass is 10.0. The van der Waals surface area contributed by atoms with E-state index in [4.69, 9.17) is 4.74 Å². The Bertz CT molecular complexity index is 1150. The second-order valence-electron chi connectivity index (χ2n) is 7.27. The van der Waals surface area contributed by atoms with Gasteiger partial charge in [0.1, 0.15) is 11.1 Å². The first-order valence-corrected chi connectivity index (χ1v) is 10.7. The number of fused-ring (bicyclic) bond motifs is 1. The van der Waals surface area contributed by atoms with Gasteiger partial charge in [-0.15, -0.1) is 11.3 Å². The maximum absolute atomic E-state index is 12.8. The highest BCUT2D eigenvalue weighted by molar-refractivity contribution is 7.16. The van der Waals surface area contributed by atoms with Crippen LogP contribution < -0.4 is 5.32 Å². The molecule has 0 radical (unpaired) electrons. The van der Waals surface area contributed by atoms with Crippen LogP contribution in [-0.2, 0) is 24.1 Å². The van der Waals surface area contributed by atoms with Crippen molar-refractivity contribution in [2.45, 2.75) is 19.4 Å². The molecule has 0 fully saturated rings. The number of nitrogens with zero attached hydrogens (tertiary/aromatic N) is 2. The molecule has 0 saturated heterocycles. The lowest BCUT2D eigenvalue weighted by molar-refractivity contribution is 0.102. The number of hydrogen-bond donors (Lipinski definition) is 1. The molecule has 0 bridgehead atoms. The van der Waals surface area contributed by atoms with Gasteiger partial charge in [0.05, 0.1) is 19.2 Å². The predicted molar refractivity (Wildman–Crippen MR) is 119 cm³/mol. The van der Waals surface area contributed by atoms with Crippen molar-refractivity contribution in [2.75, 3.05) is 19.0 Å². The third kappa shape index (κ3) is 4.44. The number of hydrogen-bond acceptors (Lipinski definition) is 5. The van der Waals surface area contributed by atoms with Crippen LogP contribution in [0.15, 0.2) is 54.6 Å². The number of methoxy groups -OCH3 is 1. The van der Waals surface area contributed by atoms with Crippen molar-refractivity contribution >= 4 is 28.3 Å². The molecule has 31 heavy (non-hydrogen) atoms. The summed E-state index contributed by atoms with van der Waals surface area (Å²) in [5, 5.41) is 13.1. The van der Waals surface area contributed by atoms with E-state index in [0.717, 1.165) is 22.4 Å². The SMILES string of the molecule is COC(=O)N1CCc2c(sc(NC(=O)c3ccc(Cc4ccccc4)cc3)c2C#N)C1. The number of anilines is 1. The van der Waals surface area contributed by atoms with Crippen LogP contribution in [0.25, 0.3) is 0 Å². The van der Waals surface area contributed by atoms with Crippen LogP contribution in [0.2, 0.25) is 0 Å². The number of rotatable bonds is 4. The molecule has 1 aliphatic heterocycles. The van der Waals surface area contributed by atoms with E-state index >= 15 is 0 Å². The molecule has 0 unspecified atom stereocenters. The molecule has 1 aromatic heterocycles. The highest BCUT2D eigenvalue weighted by Crippen LogP contribution is 2.37. The van der Waals surface area contributed by atoms with Crippen molar-refractivity contribution in [1.82, 2.24) is 4.90 Å². The topological polar surface area (TPSA) is 82.4 Å². The van der Waals surface area contributed by atoms with E-state index in [-0.39, 0.29) is 5.91 Å². The average molecular weight is 432 g/mol. The summed E-state index contributed by atoms with van der Waals surface area (Å²) in [6.45, 7) is 0.868. The van der Waals surface area contributed by atoms with Gasteiger partial charge in [-0.25, -0.2) is 4.79 Å². The van der Waals surface area contributed by atoms with Crippen LogP contribution in [0.3, 0.4) is 0 Å². The van der Waals surface area contributed by atoms with Gasteiger partial charge in [0.2, 0.25) is 0 Å². The zero-order valence-electron chi connectivity index (χ0n) is 17.1. The van der Waals surface area contributed by atoms with E-state index < -0.39 is 6.09 Å². The van der Waals surface area contributed by atoms with Crippen molar-refractivity contribution in [3.05, 3.63) is 87.3 Å². The minimum absolute atomic E-state index is 0.258. The van der Waals surface area contributed by atoms with Crippen LogP contribution in [0.4, 0.5) is 9.80 Å². The lowest BCUT2D eigenvalue weighted by Crippen LogP contribution is -2.35. The van der Waals surface area contributed by atoms with Gasteiger partial charge < -0.3 is 15.0 Å². The largest absolute Gasteiger partial charge is 0.453 e. The van der Waals surface area contributed by atoms with Gasteiger partial charge in [-0.05, 0) is 41.7 Å². The van der Waals surface area contributed by atoms with Gasteiger partial charge in [0, 0.05) is 17.0 Å². The van der Waals surface area contributed by atoms with E-state index in [1.165, 1.54) is 24.0 Å². The Morgan fingerprint density at radius 2 is 1.84 bits per heavy atom. The Morgan fingerprint density at radius 3 is 2.52 bits per heavy atom. The summed E-state index contributed by atoms with van der Waals surface area (Å²) in [6.07, 6.45) is 0.975. The molecule has 3 aromatic rings. The molecular formula is C24H21N3O3S. The van der Waals surface area contributed by atoms with Crippen LogP contribution in [0.5, 0.6) is 0 Å². The van der Waals surface area contributed by atoms with E-state index in [9.17, 15) is 14.9 Å². The lowest BCUT2D eigenvalue weighted by Gasteiger charge is -2.25. The molecule has 0 aliphatic carbocycles. The zero-order chi connectivity index (χ0) is 21.8. The number of nitriles is 1. The van der Waals surface area contributed by atoms with E-state index in [0.29, 0.717) is 35.6 Å². The summed E-state index contributed by atoms with van der Waals surface area (Å²) < 4.78 is 4.79. The smallest absolute Gasteiger partial charge is 0.409 e. The zero-order valence-corrected chi connectivity index (χ0v) is 17.9. The summed E-state index contributed by atoms with van der Waals surface area (Å²) in [6, 6.07) is 19.9. The fourth-order valence-electron chi connectivity index (χ4n) is 3.68. The standard InChI is InChI=1S/C24H21N3O3S/c1-30-24(29)27-12-11-19-20(14-25)23(31-21(19)15-27)26-22(28)18-9-7-17(8-10-18)13-16-5-3-2-4-6-16/h2-10H,11-13,15H2,1H3,(H,26,28). The molecular weight excluding hydrogens is 410 g/mol. The Kier molecular flexibility index (Phi) is 6.01. The van der Waals surface area contributed by atoms with Crippen LogP contribution >= 0.6 is 11.3 Å². The Labute approximate surface area is 184 Å². The fraction of sp³-hybridized carbons (Fsp3) is 0.208. The second-order valence-corrected chi connectivity index (χ2v) is 8.38. The minimum atomic E-state index is -0.390. The number of carbonyl (C=O) groups is 2. The molecule has 2 aromatic carbocycles. The van der Waals surface area contributed by atoms with E-state index in [1.54, 1.807) is 17.0 Å². The molecule has 2 amide bonds. The average Bonchev–Trinajstić information content (AvgIpc) is 3.15. The highest BCUT2D eigenvalue weighted by Gasteiger charge is 2.28. The number of ether oxygens (including phenoxy) is 1. The normalized spacial score (nSPS) is 12.6. The number of amides is 2. The Balaban J connectivity index is 1.48. The van der Waals surface area contributed by atoms with Crippen LogP contribution in [0, 0.1) is 11.3 Å². The summed E-state index contributed by atoms with van der Waals surface area (Å²) in [5.41, 5.74) is 4.25. The van der Waals surface area contributed by atoms with Crippen molar-refractivity contribution in [2.24, 2.45) is 0 Å². The van der Waals surface area contributed by atoms with Gasteiger partial charge >= 0.3 is 6.09 Å². The summed E-state index contributed by atoms with van der Waals surface area (Å²) in [7, 11) is 1.35.